The van der Waals surface area contributed by atoms with Gasteiger partial charge in [-0.2, -0.15) is 0 Å². The Bertz CT molecular complexity index is 1450. The molecule has 1 aliphatic heterocycles. The summed E-state index contributed by atoms with van der Waals surface area (Å²) in [5.41, 5.74) is 1.48. The molecule has 1 N–H and O–H groups in total. The lowest BCUT2D eigenvalue weighted by Crippen LogP contribution is -2.45. The highest BCUT2D eigenvalue weighted by Crippen LogP contribution is 2.24. The molecule has 0 spiro atoms. The van der Waals surface area contributed by atoms with Gasteiger partial charge in [0.1, 0.15) is 5.82 Å². The Labute approximate surface area is 177 Å². The Hall–Kier alpha value is -3.25. The van der Waals surface area contributed by atoms with E-state index in [4.69, 9.17) is 4.42 Å². The van der Waals surface area contributed by atoms with Crippen LogP contribution in [0.4, 0.5) is 5.82 Å². The lowest BCUT2D eigenvalue weighted by molar-refractivity contribution is 0.458. The van der Waals surface area contributed by atoms with E-state index in [1.807, 2.05) is 17.5 Å². The van der Waals surface area contributed by atoms with Crippen LogP contribution in [0.5, 0.6) is 0 Å². The molecule has 0 bridgehead atoms. The van der Waals surface area contributed by atoms with Gasteiger partial charge in [0.15, 0.2) is 11.4 Å². The molecule has 0 unspecified atom stereocenters. The Balaban J connectivity index is 1.32. The second kappa shape index (κ2) is 7.17. The van der Waals surface area contributed by atoms with Crippen molar-refractivity contribution in [3.8, 4) is 0 Å². The molecule has 0 saturated carbocycles. The Morgan fingerprint density at radius 3 is 2.74 bits per heavy atom. The Kier molecular flexibility index (Phi) is 4.55. The van der Waals surface area contributed by atoms with Gasteiger partial charge in [0.05, 0.1) is 10.4 Å². The smallest absolute Gasteiger partial charge is 0.408 e. The van der Waals surface area contributed by atoms with E-state index in [0.29, 0.717) is 42.7 Å². The van der Waals surface area contributed by atoms with Gasteiger partial charge in [0.25, 0.3) is 0 Å². The van der Waals surface area contributed by atoms with Crippen molar-refractivity contribution in [3.63, 3.8) is 0 Å². The molecular formula is C19H21N7O4S. The van der Waals surface area contributed by atoms with Crippen molar-refractivity contribution in [3.05, 3.63) is 47.0 Å². The number of rotatable bonds is 4. The fourth-order valence-corrected chi connectivity index (χ4v) is 5.25. The number of piperidine rings is 1. The van der Waals surface area contributed by atoms with Crippen molar-refractivity contribution in [1.29, 1.82) is 0 Å². The van der Waals surface area contributed by atoms with Crippen LogP contribution in [-0.2, 0) is 17.1 Å². The SMILES string of the molecule is Cc1nnc2c(N3CCC(NS(=O)(=O)c4ccc5oc(=O)n(C)c5c4)CC3)nccn12. The predicted molar refractivity (Wildman–Crippen MR) is 113 cm³/mol. The zero-order chi connectivity index (χ0) is 21.8. The maximum atomic E-state index is 12.9. The number of nitrogens with one attached hydrogen (secondary N) is 1. The molecule has 0 radical (unpaired) electrons. The molecule has 1 fully saturated rings. The zero-order valence-corrected chi connectivity index (χ0v) is 17.8. The molecule has 12 heteroatoms. The van der Waals surface area contributed by atoms with E-state index in [-0.39, 0.29) is 10.9 Å². The van der Waals surface area contributed by atoms with Crippen molar-refractivity contribution >= 4 is 32.6 Å². The first-order valence-corrected chi connectivity index (χ1v) is 11.3. The number of benzene rings is 1. The number of aryl methyl sites for hydroxylation is 2. The quantitative estimate of drug-likeness (QED) is 0.491. The van der Waals surface area contributed by atoms with E-state index in [1.54, 1.807) is 13.2 Å². The van der Waals surface area contributed by atoms with Crippen LogP contribution >= 0.6 is 0 Å². The molecule has 1 aliphatic rings. The number of sulfonamides is 1. The van der Waals surface area contributed by atoms with E-state index in [9.17, 15) is 13.2 Å². The van der Waals surface area contributed by atoms with Gasteiger partial charge in [-0.05, 0) is 38.0 Å². The molecule has 11 nitrogen and oxygen atoms in total. The van der Waals surface area contributed by atoms with Crippen molar-refractivity contribution in [1.82, 2.24) is 28.9 Å². The zero-order valence-electron chi connectivity index (χ0n) is 17.0. The summed E-state index contributed by atoms with van der Waals surface area (Å²) in [5, 5.41) is 8.31. The Morgan fingerprint density at radius 1 is 1.19 bits per heavy atom. The summed E-state index contributed by atoms with van der Waals surface area (Å²) in [5.74, 6) is 1.00. The number of aromatic nitrogens is 5. The fourth-order valence-electron chi connectivity index (χ4n) is 3.92. The maximum absolute atomic E-state index is 12.9. The van der Waals surface area contributed by atoms with Gasteiger partial charge in [0, 0.05) is 38.6 Å². The van der Waals surface area contributed by atoms with Crippen molar-refractivity contribution in [2.45, 2.75) is 30.7 Å². The highest BCUT2D eigenvalue weighted by atomic mass is 32.2. The first-order valence-electron chi connectivity index (χ1n) is 9.87. The monoisotopic (exact) mass is 443 g/mol. The third kappa shape index (κ3) is 3.37. The normalized spacial score (nSPS) is 15.9. The predicted octanol–water partition coefficient (Wildman–Crippen LogP) is 0.825. The van der Waals surface area contributed by atoms with Crippen molar-refractivity contribution < 1.29 is 12.8 Å². The van der Waals surface area contributed by atoms with Gasteiger partial charge in [-0.25, -0.2) is 22.9 Å². The third-order valence-electron chi connectivity index (χ3n) is 5.67. The minimum Gasteiger partial charge on any atom is -0.408 e. The molecular weight excluding hydrogens is 422 g/mol. The summed E-state index contributed by atoms with van der Waals surface area (Å²) in [6.07, 6.45) is 4.79. The summed E-state index contributed by atoms with van der Waals surface area (Å²) in [6.45, 7) is 3.16. The first-order chi connectivity index (χ1) is 14.8. The largest absolute Gasteiger partial charge is 0.419 e. The highest BCUT2D eigenvalue weighted by Gasteiger charge is 2.27. The maximum Gasteiger partial charge on any atom is 0.419 e. The first kappa shape index (κ1) is 19.7. The molecule has 1 aromatic carbocycles. The number of oxazole rings is 1. The molecule has 5 rings (SSSR count). The van der Waals surface area contributed by atoms with Crippen LogP contribution < -0.4 is 15.4 Å². The molecule has 162 valence electrons. The minimum absolute atomic E-state index is 0.101. The third-order valence-corrected chi connectivity index (χ3v) is 7.19. The molecule has 4 heterocycles. The second-order valence-corrected chi connectivity index (χ2v) is 9.34. The molecule has 0 aliphatic carbocycles. The van der Waals surface area contributed by atoms with Gasteiger partial charge < -0.3 is 9.32 Å². The van der Waals surface area contributed by atoms with Crippen LogP contribution in [0.15, 0.2) is 44.7 Å². The minimum atomic E-state index is -3.74. The lowest BCUT2D eigenvalue weighted by Gasteiger charge is -2.32. The average molecular weight is 443 g/mol. The van der Waals surface area contributed by atoms with E-state index >= 15 is 0 Å². The average Bonchev–Trinajstić information content (AvgIpc) is 3.28. The van der Waals surface area contributed by atoms with Crippen molar-refractivity contribution in [2.24, 2.45) is 7.05 Å². The summed E-state index contributed by atoms with van der Waals surface area (Å²) < 4.78 is 36.9. The summed E-state index contributed by atoms with van der Waals surface area (Å²) in [4.78, 5) is 18.3. The van der Waals surface area contributed by atoms with Crippen LogP contribution in [0.3, 0.4) is 0 Å². The number of nitrogens with zero attached hydrogens (tertiary/aromatic N) is 6. The number of hydrogen-bond acceptors (Lipinski definition) is 8. The number of anilines is 1. The lowest BCUT2D eigenvalue weighted by atomic mass is 10.1. The summed E-state index contributed by atoms with van der Waals surface area (Å²) in [7, 11) is -2.20. The van der Waals surface area contributed by atoms with E-state index in [2.05, 4.69) is 24.8 Å². The van der Waals surface area contributed by atoms with Gasteiger partial charge in [-0.3, -0.25) is 8.97 Å². The molecule has 4 aromatic rings. The second-order valence-electron chi connectivity index (χ2n) is 7.63. The molecule has 0 amide bonds. The molecule has 0 atom stereocenters. The number of fused-ring (bicyclic) bond motifs is 2. The van der Waals surface area contributed by atoms with E-state index in [1.165, 1.54) is 22.8 Å². The summed E-state index contributed by atoms with van der Waals surface area (Å²) in [6, 6.07) is 4.20. The molecule has 1 saturated heterocycles. The van der Waals surface area contributed by atoms with Gasteiger partial charge in [0.2, 0.25) is 15.7 Å². The van der Waals surface area contributed by atoms with E-state index < -0.39 is 15.8 Å². The summed E-state index contributed by atoms with van der Waals surface area (Å²) >= 11 is 0. The number of hydrogen-bond donors (Lipinski definition) is 1. The van der Waals surface area contributed by atoms with Crippen LogP contribution in [0, 0.1) is 6.92 Å². The van der Waals surface area contributed by atoms with E-state index in [0.717, 1.165) is 11.6 Å². The fraction of sp³-hybridized carbons (Fsp3) is 0.368. The molecule has 3 aromatic heterocycles. The van der Waals surface area contributed by atoms with Crippen LogP contribution in [0.2, 0.25) is 0 Å². The molecule has 31 heavy (non-hydrogen) atoms. The van der Waals surface area contributed by atoms with Gasteiger partial charge in [-0.15, -0.1) is 10.2 Å². The van der Waals surface area contributed by atoms with Gasteiger partial charge >= 0.3 is 5.76 Å². The van der Waals surface area contributed by atoms with Crippen LogP contribution in [0.1, 0.15) is 18.7 Å². The van der Waals surface area contributed by atoms with Gasteiger partial charge in [-0.1, -0.05) is 0 Å². The Morgan fingerprint density at radius 2 is 1.97 bits per heavy atom. The van der Waals surface area contributed by atoms with Crippen LogP contribution in [-0.4, -0.2) is 51.7 Å². The topological polar surface area (TPSA) is 128 Å². The van der Waals surface area contributed by atoms with Crippen LogP contribution in [0.25, 0.3) is 16.7 Å². The van der Waals surface area contributed by atoms with Crippen molar-refractivity contribution in [2.75, 3.05) is 18.0 Å². The standard InChI is InChI=1S/C19H21N7O4S/c1-12-21-22-18-17(20-7-10-26(12)18)25-8-5-13(6-9-25)23-31(28,29)14-3-4-16-15(11-14)24(2)19(27)30-16/h3-4,7,10-11,13,23H,5-6,8-9H2,1-2H3. The highest BCUT2D eigenvalue weighted by molar-refractivity contribution is 7.89.